The van der Waals surface area contributed by atoms with Crippen LogP contribution in [0.3, 0.4) is 0 Å². The molecule has 8 heteroatoms. The Morgan fingerprint density at radius 1 is 1.10 bits per heavy atom. The van der Waals surface area contributed by atoms with Gasteiger partial charge in [0.2, 0.25) is 5.91 Å². The minimum atomic E-state index is -0.142. The molecule has 0 N–H and O–H groups in total. The number of carbonyl (C=O) groups excluding carboxylic acids is 1. The van der Waals surface area contributed by atoms with E-state index in [9.17, 15) is 9.59 Å². The standard InChI is InChI=1S/C23H19N3O3S2/c27-21(25-11-13-30-20-10-4-3-9-19(20)25)15-31-23-24-18-8-2-1-7-17(18)22(28)26(23)14-16-6-5-12-29-16/h1-10,12H,11,13-15H2. The van der Waals surface area contributed by atoms with Crippen LogP contribution in [-0.2, 0) is 11.3 Å². The summed E-state index contributed by atoms with van der Waals surface area (Å²) in [7, 11) is 0. The highest BCUT2D eigenvalue weighted by molar-refractivity contribution is 8.00. The van der Waals surface area contributed by atoms with Crippen LogP contribution < -0.4 is 10.5 Å². The van der Waals surface area contributed by atoms with E-state index in [2.05, 4.69) is 4.98 Å². The zero-order valence-corrected chi connectivity index (χ0v) is 18.2. The summed E-state index contributed by atoms with van der Waals surface area (Å²) in [5.41, 5.74) is 1.43. The molecule has 1 aliphatic heterocycles. The second-order valence-corrected chi connectivity index (χ2v) is 9.11. The molecule has 0 saturated heterocycles. The summed E-state index contributed by atoms with van der Waals surface area (Å²) in [6.45, 7) is 0.939. The van der Waals surface area contributed by atoms with Crippen molar-refractivity contribution in [2.75, 3.05) is 23.0 Å². The van der Waals surface area contributed by atoms with Crippen molar-refractivity contribution in [1.82, 2.24) is 9.55 Å². The fourth-order valence-electron chi connectivity index (χ4n) is 3.59. The molecule has 0 bridgehead atoms. The lowest BCUT2D eigenvalue weighted by Crippen LogP contribution is -2.36. The summed E-state index contributed by atoms with van der Waals surface area (Å²) >= 11 is 3.05. The molecule has 1 amide bonds. The Balaban J connectivity index is 1.45. The van der Waals surface area contributed by atoms with E-state index in [4.69, 9.17) is 4.42 Å². The number of hydrogen-bond acceptors (Lipinski definition) is 6. The van der Waals surface area contributed by atoms with Gasteiger partial charge in [-0.2, -0.15) is 0 Å². The molecule has 0 atom stereocenters. The summed E-state index contributed by atoms with van der Waals surface area (Å²) in [4.78, 5) is 33.9. The van der Waals surface area contributed by atoms with Gasteiger partial charge in [-0.25, -0.2) is 4.98 Å². The Hall–Kier alpha value is -2.97. The SMILES string of the molecule is O=C(CSc1nc2ccccc2c(=O)n1Cc1ccco1)N1CCSc2ccccc21. The number of thioether (sulfide) groups is 2. The molecule has 0 unspecified atom stereocenters. The second-order valence-electron chi connectivity index (χ2n) is 7.03. The van der Waals surface area contributed by atoms with Gasteiger partial charge in [0.05, 0.1) is 35.2 Å². The zero-order chi connectivity index (χ0) is 21.2. The minimum Gasteiger partial charge on any atom is -0.467 e. The van der Waals surface area contributed by atoms with Gasteiger partial charge in [-0.05, 0) is 36.4 Å². The molecule has 1 aliphatic rings. The van der Waals surface area contributed by atoms with Gasteiger partial charge >= 0.3 is 0 Å². The lowest BCUT2D eigenvalue weighted by molar-refractivity contribution is -0.116. The lowest BCUT2D eigenvalue weighted by atomic mass is 10.2. The van der Waals surface area contributed by atoms with Crippen molar-refractivity contribution in [3.63, 3.8) is 0 Å². The number of hydrogen-bond donors (Lipinski definition) is 0. The van der Waals surface area contributed by atoms with Crippen LogP contribution in [0.2, 0.25) is 0 Å². The number of nitrogens with zero attached hydrogens (tertiary/aromatic N) is 3. The average molecular weight is 450 g/mol. The first-order valence-corrected chi connectivity index (χ1v) is 11.8. The number of benzene rings is 2. The number of anilines is 1. The molecule has 2 aromatic carbocycles. The highest BCUT2D eigenvalue weighted by Gasteiger charge is 2.23. The van der Waals surface area contributed by atoms with E-state index < -0.39 is 0 Å². The van der Waals surface area contributed by atoms with Crippen molar-refractivity contribution in [3.05, 3.63) is 83.0 Å². The third kappa shape index (κ3) is 4.00. The number of carbonyl (C=O) groups is 1. The van der Waals surface area contributed by atoms with E-state index in [1.54, 1.807) is 34.7 Å². The van der Waals surface area contributed by atoms with Crippen LogP contribution in [-0.4, -0.2) is 33.5 Å². The van der Waals surface area contributed by atoms with Gasteiger partial charge in [-0.1, -0.05) is 36.0 Å². The van der Waals surface area contributed by atoms with Crippen LogP contribution in [0.15, 0.2) is 86.2 Å². The van der Waals surface area contributed by atoms with E-state index in [1.807, 2.05) is 53.4 Å². The molecule has 0 aliphatic carbocycles. The molecule has 3 heterocycles. The molecule has 4 aromatic rings. The summed E-state index contributed by atoms with van der Waals surface area (Å²) in [6, 6.07) is 18.8. The summed E-state index contributed by atoms with van der Waals surface area (Å²) in [5.74, 6) is 1.73. The van der Waals surface area contributed by atoms with Crippen molar-refractivity contribution in [3.8, 4) is 0 Å². The molecule has 5 rings (SSSR count). The topological polar surface area (TPSA) is 68.3 Å². The largest absolute Gasteiger partial charge is 0.467 e. The maximum absolute atomic E-state index is 13.2. The summed E-state index contributed by atoms with van der Waals surface area (Å²) < 4.78 is 7.03. The molecule has 31 heavy (non-hydrogen) atoms. The molecule has 0 spiro atoms. The summed E-state index contributed by atoms with van der Waals surface area (Å²) in [5, 5.41) is 1.06. The number of aromatic nitrogens is 2. The van der Waals surface area contributed by atoms with E-state index >= 15 is 0 Å². The van der Waals surface area contributed by atoms with Crippen molar-refractivity contribution in [1.29, 1.82) is 0 Å². The van der Waals surface area contributed by atoms with E-state index in [0.29, 0.717) is 28.4 Å². The maximum Gasteiger partial charge on any atom is 0.262 e. The smallest absolute Gasteiger partial charge is 0.262 e. The number of para-hydroxylation sites is 2. The van der Waals surface area contributed by atoms with E-state index in [-0.39, 0.29) is 23.8 Å². The normalized spacial score (nSPS) is 13.4. The van der Waals surface area contributed by atoms with Crippen molar-refractivity contribution >= 4 is 46.0 Å². The first-order chi connectivity index (χ1) is 15.2. The van der Waals surface area contributed by atoms with Crippen molar-refractivity contribution < 1.29 is 9.21 Å². The third-order valence-corrected chi connectivity index (χ3v) is 7.08. The van der Waals surface area contributed by atoms with Gasteiger partial charge in [-0.3, -0.25) is 14.2 Å². The minimum absolute atomic E-state index is 0.00436. The fraction of sp³-hybridized carbons (Fsp3) is 0.174. The lowest BCUT2D eigenvalue weighted by Gasteiger charge is -2.28. The van der Waals surface area contributed by atoms with Gasteiger partial charge in [0, 0.05) is 17.2 Å². The Bertz CT molecular complexity index is 1300. The first-order valence-electron chi connectivity index (χ1n) is 9.87. The molecule has 156 valence electrons. The third-order valence-electron chi connectivity index (χ3n) is 5.07. The molecule has 0 fully saturated rings. The molecule has 6 nitrogen and oxygen atoms in total. The number of rotatable bonds is 5. The molecular weight excluding hydrogens is 430 g/mol. The van der Waals surface area contributed by atoms with Gasteiger partial charge in [0.1, 0.15) is 5.76 Å². The number of furan rings is 1. The Morgan fingerprint density at radius 3 is 2.81 bits per heavy atom. The summed E-state index contributed by atoms with van der Waals surface area (Å²) in [6.07, 6.45) is 1.58. The van der Waals surface area contributed by atoms with Crippen LogP contribution in [0.25, 0.3) is 10.9 Å². The van der Waals surface area contributed by atoms with E-state index in [1.165, 1.54) is 11.8 Å². The second kappa shape index (κ2) is 8.64. The average Bonchev–Trinajstić information content (AvgIpc) is 3.32. The van der Waals surface area contributed by atoms with Gasteiger partial charge in [0.15, 0.2) is 5.16 Å². The predicted octanol–water partition coefficient (Wildman–Crippen LogP) is 4.27. The Labute approximate surface area is 187 Å². The molecular formula is C23H19N3O3S2. The molecule has 2 aromatic heterocycles. The number of fused-ring (bicyclic) bond motifs is 2. The predicted molar refractivity (Wildman–Crippen MR) is 124 cm³/mol. The molecule has 0 saturated carbocycles. The Morgan fingerprint density at radius 2 is 1.94 bits per heavy atom. The van der Waals surface area contributed by atoms with Crippen molar-refractivity contribution in [2.45, 2.75) is 16.6 Å². The van der Waals surface area contributed by atoms with Gasteiger partial charge < -0.3 is 9.32 Å². The van der Waals surface area contributed by atoms with Gasteiger partial charge in [-0.15, -0.1) is 11.8 Å². The number of amides is 1. The highest BCUT2D eigenvalue weighted by atomic mass is 32.2. The van der Waals surface area contributed by atoms with Crippen LogP contribution in [0.1, 0.15) is 5.76 Å². The quantitative estimate of drug-likeness (QED) is 0.335. The van der Waals surface area contributed by atoms with E-state index in [0.717, 1.165) is 16.3 Å². The van der Waals surface area contributed by atoms with Crippen molar-refractivity contribution in [2.24, 2.45) is 0 Å². The zero-order valence-electron chi connectivity index (χ0n) is 16.6. The maximum atomic E-state index is 13.2. The van der Waals surface area contributed by atoms with Crippen LogP contribution in [0, 0.1) is 0 Å². The van der Waals surface area contributed by atoms with Crippen LogP contribution in [0.5, 0.6) is 0 Å². The van der Waals surface area contributed by atoms with Crippen LogP contribution in [0.4, 0.5) is 5.69 Å². The van der Waals surface area contributed by atoms with Gasteiger partial charge in [0.25, 0.3) is 5.56 Å². The Kier molecular flexibility index (Phi) is 5.57. The fourth-order valence-corrected chi connectivity index (χ4v) is 5.46. The monoisotopic (exact) mass is 449 g/mol. The first kappa shape index (κ1) is 20.0. The van der Waals surface area contributed by atoms with Crippen LogP contribution >= 0.6 is 23.5 Å². The highest BCUT2D eigenvalue weighted by Crippen LogP contribution is 2.34. The molecule has 0 radical (unpaired) electrons.